The molecule has 2 unspecified atom stereocenters. The normalized spacial score (nSPS) is 22.4. The number of fused-ring (bicyclic) bond motifs is 3. The number of rotatable bonds is 6. The Morgan fingerprint density at radius 2 is 1.70 bits per heavy atom. The highest BCUT2D eigenvalue weighted by Crippen LogP contribution is 2.45. The van der Waals surface area contributed by atoms with Gasteiger partial charge in [0.15, 0.2) is 0 Å². The van der Waals surface area contributed by atoms with Gasteiger partial charge in [0.2, 0.25) is 5.91 Å². The van der Waals surface area contributed by atoms with E-state index in [1.165, 1.54) is 16.7 Å². The number of nitrogens with one attached hydrogen (secondary N) is 1. The van der Waals surface area contributed by atoms with Crippen LogP contribution >= 0.6 is 11.8 Å². The molecular weight excluding hydrogens is 440 g/mol. The van der Waals surface area contributed by atoms with E-state index in [1.54, 1.807) is 0 Å². The van der Waals surface area contributed by atoms with E-state index in [0.29, 0.717) is 18.6 Å². The summed E-state index contributed by atoms with van der Waals surface area (Å²) >= 11 is 1.45. The molecule has 7 nitrogen and oxygen atoms in total. The molecule has 2 aromatic carbocycles. The van der Waals surface area contributed by atoms with Gasteiger partial charge in [0.1, 0.15) is 12.6 Å². The molecule has 1 saturated heterocycles. The monoisotopic (exact) mass is 466 g/mol. The number of ether oxygens (including phenoxy) is 1. The van der Waals surface area contributed by atoms with E-state index in [9.17, 15) is 19.5 Å². The quantitative estimate of drug-likeness (QED) is 0.672. The number of hydrogen-bond donors (Lipinski definition) is 2. The van der Waals surface area contributed by atoms with E-state index in [4.69, 9.17) is 4.74 Å². The first-order valence-electron chi connectivity index (χ1n) is 11.2. The van der Waals surface area contributed by atoms with Crippen LogP contribution in [0.15, 0.2) is 48.5 Å². The van der Waals surface area contributed by atoms with Crippen molar-refractivity contribution < 1.29 is 24.2 Å². The molecule has 2 aliphatic carbocycles. The van der Waals surface area contributed by atoms with Crippen LogP contribution in [0.1, 0.15) is 43.2 Å². The van der Waals surface area contributed by atoms with E-state index in [2.05, 4.69) is 29.6 Å². The number of carboxylic acid groups (broad SMARTS) is 1. The number of benzene rings is 2. The maximum absolute atomic E-state index is 12.9. The summed E-state index contributed by atoms with van der Waals surface area (Å²) in [4.78, 5) is 38.5. The van der Waals surface area contributed by atoms with Gasteiger partial charge in [-0.05, 0) is 42.0 Å². The van der Waals surface area contributed by atoms with Crippen molar-refractivity contribution in [3.63, 3.8) is 0 Å². The third kappa shape index (κ3) is 4.08. The minimum Gasteiger partial charge on any atom is -0.480 e. The third-order valence-corrected chi connectivity index (χ3v) is 8.07. The first-order chi connectivity index (χ1) is 15.9. The Morgan fingerprint density at radius 1 is 1.09 bits per heavy atom. The smallest absolute Gasteiger partial charge is 0.407 e. The van der Waals surface area contributed by atoms with Crippen molar-refractivity contribution in [2.24, 2.45) is 0 Å². The number of carbonyl (C=O) groups is 3. The van der Waals surface area contributed by atoms with E-state index in [0.717, 1.165) is 22.3 Å². The molecule has 2 fully saturated rings. The fourth-order valence-electron chi connectivity index (χ4n) is 4.94. The second-order valence-corrected chi connectivity index (χ2v) is 10.3. The van der Waals surface area contributed by atoms with E-state index in [1.807, 2.05) is 31.2 Å². The highest BCUT2D eigenvalue weighted by molar-refractivity contribution is 8.00. The van der Waals surface area contributed by atoms with Gasteiger partial charge in [-0.15, -0.1) is 11.8 Å². The van der Waals surface area contributed by atoms with Crippen molar-refractivity contribution in [3.8, 4) is 11.1 Å². The van der Waals surface area contributed by atoms with Gasteiger partial charge in [0, 0.05) is 11.7 Å². The Labute approximate surface area is 196 Å². The molecule has 5 rings (SSSR count). The first kappa shape index (κ1) is 21.8. The highest BCUT2D eigenvalue weighted by atomic mass is 32.2. The largest absolute Gasteiger partial charge is 0.480 e. The predicted octanol–water partition coefficient (Wildman–Crippen LogP) is 3.82. The van der Waals surface area contributed by atoms with Gasteiger partial charge in [-0.3, -0.25) is 4.79 Å². The number of hydrogen-bond acceptors (Lipinski definition) is 5. The lowest BCUT2D eigenvalue weighted by molar-refractivity contribution is -0.149. The fraction of sp³-hybridized carbons (Fsp3) is 0.400. The number of carboxylic acids is 1. The van der Waals surface area contributed by atoms with Gasteiger partial charge in [-0.2, -0.15) is 0 Å². The number of amides is 2. The highest BCUT2D eigenvalue weighted by Gasteiger charge is 2.49. The van der Waals surface area contributed by atoms with Crippen molar-refractivity contribution >= 4 is 29.7 Å². The molecule has 1 aliphatic heterocycles. The Balaban J connectivity index is 1.21. The predicted molar refractivity (Wildman–Crippen MR) is 125 cm³/mol. The van der Waals surface area contributed by atoms with Crippen LogP contribution in [0.2, 0.25) is 0 Å². The van der Waals surface area contributed by atoms with Crippen molar-refractivity contribution in [1.29, 1.82) is 0 Å². The molecule has 33 heavy (non-hydrogen) atoms. The van der Waals surface area contributed by atoms with Crippen LogP contribution in [0.5, 0.6) is 0 Å². The second-order valence-electron chi connectivity index (χ2n) is 9.00. The molecule has 8 heteroatoms. The summed E-state index contributed by atoms with van der Waals surface area (Å²) < 4.78 is 5.63. The zero-order chi connectivity index (χ0) is 23.2. The third-order valence-electron chi connectivity index (χ3n) is 6.85. The zero-order valence-corrected chi connectivity index (χ0v) is 19.1. The van der Waals surface area contributed by atoms with Gasteiger partial charge in [-0.25, -0.2) is 9.59 Å². The van der Waals surface area contributed by atoms with Gasteiger partial charge in [-0.1, -0.05) is 48.5 Å². The number of carbonyl (C=O) groups excluding carboxylic acids is 2. The topological polar surface area (TPSA) is 95.9 Å². The van der Waals surface area contributed by atoms with Crippen molar-refractivity contribution in [1.82, 2.24) is 10.2 Å². The number of thioether (sulfide) groups is 1. The number of aliphatic carboxylic acids is 1. The summed E-state index contributed by atoms with van der Waals surface area (Å²) in [5.74, 6) is -0.876. The van der Waals surface area contributed by atoms with Gasteiger partial charge in [0.05, 0.1) is 17.3 Å². The number of nitrogens with zero attached hydrogens (tertiary/aromatic N) is 1. The summed E-state index contributed by atoms with van der Waals surface area (Å²) in [5, 5.41) is 12.1. The molecule has 2 aromatic rings. The molecule has 1 heterocycles. The van der Waals surface area contributed by atoms with Crippen LogP contribution in [0.4, 0.5) is 4.79 Å². The Kier molecular flexibility index (Phi) is 5.56. The first-order valence-corrected chi connectivity index (χ1v) is 12.2. The molecule has 3 aliphatic rings. The van der Waals surface area contributed by atoms with Crippen LogP contribution in [0, 0.1) is 0 Å². The lowest BCUT2D eigenvalue weighted by Gasteiger charge is -2.27. The summed E-state index contributed by atoms with van der Waals surface area (Å²) in [6, 6.07) is 15.5. The molecular formula is C25H26N2O5S. The van der Waals surface area contributed by atoms with Gasteiger partial charge in [0.25, 0.3) is 0 Å². The van der Waals surface area contributed by atoms with E-state index in [-0.39, 0.29) is 30.2 Å². The molecule has 0 radical (unpaired) electrons. The minimum absolute atomic E-state index is 0.0289. The summed E-state index contributed by atoms with van der Waals surface area (Å²) in [6.07, 6.45) is 0.901. The molecule has 0 aromatic heterocycles. The van der Waals surface area contributed by atoms with Gasteiger partial charge < -0.3 is 20.1 Å². The Hall–Kier alpha value is -3.00. The fourth-order valence-corrected chi connectivity index (χ4v) is 6.13. The maximum Gasteiger partial charge on any atom is 0.407 e. The van der Waals surface area contributed by atoms with E-state index >= 15 is 0 Å². The summed E-state index contributed by atoms with van der Waals surface area (Å²) in [7, 11) is 0. The molecule has 2 atom stereocenters. The van der Waals surface area contributed by atoms with Crippen molar-refractivity contribution in [2.45, 2.75) is 49.1 Å². The Bertz CT molecular complexity index is 1070. The van der Waals surface area contributed by atoms with Crippen LogP contribution < -0.4 is 5.32 Å². The number of alkyl carbamates (subject to hydrolysis) is 1. The average Bonchev–Trinajstić information content (AvgIpc) is 3.29. The summed E-state index contributed by atoms with van der Waals surface area (Å²) in [5.41, 5.74) is 3.97. The lowest BCUT2D eigenvalue weighted by Crippen LogP contribution is -2.48. The van der Waals surface area contributed by atoms with Gasteiger partial charge >= 0.3 is 12.1 Å². The van der Waals surface area contributed by atoms with Crippen LogP contribution in [0.3, 0.4) is 0 Å². The minimum atomic E-state index is -0.991. The average molecular weight is 467 g/mol. The molecule has 0 spiro atoms. The molecule has 1 saturated carbocycles. The van der Waals surface area contributed by atoms with Crippen molar-refractivity contribution in [2.75, 3.05) is 12.4 Å². The lowest BCUT2D eigenvalue weighted by atomic mass is 9.98. The molecule has 0 bridgehead atoms. The molecule has 2 N–H and O–H groups in total. The van der Waals surface area contributed by atoms with Crippen LogP contribution in [-0.2, 0) is 14.3 Å². The van der Waals surface area contributed by atoms with Crippen molar-refractivity contribution in [3.05, 3.63) is 59.7 Å². The zero-order valence-electron chi connectivity index (χ0n) is 18.3. The maximum atomic E-state index is 12.9. The molecule has 172 valence electrons. The van der Waals surface area contributed by atoms with Crippen LogP contribution in [0.25, 0.3) is 11.1 Å². The molecule has 2 amide bonds. The second kappa shape index (κ2) is 8.41. The summed E-state index contributed by atoms with van der Waals surface area (Å²) in [6.45, 7) is 2.05. The van der Waals surface area contributed by atoms with E-state index < -0.39 is 23.6 Å². The standard InChI is InChI=1S/C25H26N2O5S/c1-15-27(21(14-33-15)23(29)30)22(28)12-25(10-11-25)26-24(31)32-13-20-18-8-4-2-6-16(18)17-7-3-5-9-19(17)20/h2-9,15,20-21H,10-14H2,1H3,(H,26,31)(H,29,30). The SMILES string of the molecule is CC1SCC(C(=O)O)N1C(=O)CC1(NC(=O)OCC2c3ccccc3-c3ccccc32)CC1. The Morgan fingerprint density at radius 3 is 2.27 bits per heavy atom. The van der Waals surface area contributed by atoms with Crippen LogP contribution in [-0.4, -0.2) is 57.3 Å².